The lowest BCUT2D eigenvalue weighted by Gasteiger charge is -1.98. The molecule has 0 saturated heterocycles. The van der Waals surface area contributed by atoms with Crippen molar-refractivity contribution >= 4 is 34.4 Å². The van der Waals surface area contributed by atoms with E-state index in [1.807, 2.05) is 37.3 Å². The van der Waals surface area contributed by atoms with Crippen molar-refractivity contribution in [1.82, 2.24) is 9.38 Å². The maximum absolute atomic E-state index is 12.2. The van der Waals surface area contributed by atoms with E-state index in [1.165, 1.54) is 10.5 Å². The average molecular weight is 326 g/mol. The van der Waals surface area contributed by atoms with Crippen molar-refractivity contribution in [3.63, 3.8) is 0 Å². The molecule has 0 aliphatic heterocycles. The van der Waals surface area contributed by atoms with Gasteiger partial charge in [-0.3, -0.25) is 9.20 Å². The molecule has 0 amide bonds. The summed E-state index contributed by atoms with van der Waals surface area (Å²) < 4.78 is 1.33. The van der Waals surface area contributed by atoms with Gasteiger partial charge in [0.15, 0.2) is 4.96 Å². The third-order valence-corrected chi connectivity index (χ3v) is 4.58. The number of aromatic carboxylic acids is 1. The van der Waals surface area contributed by atoms with Crippen molar-refractivity contribution in [2.75, 3.05) is 0 Å². The quantitative estimate of drug-likeness (QED) is 0.802. The van der Waals surface area contributed by atoms with Crippen molar-refractivity contribution in [2.45, 2.75) is 13.8 Å². The molecule has 0 spiro atoms. The van der Waals surface area contributed by atoms with Gasteiger partial charge < -0.3 is 5.11 Å². The first-order valence-electron chi connectivity index (χ1n) is 6.97. The predicted molar refractivity (Wildman–Crippen MR) is 91.1 cm³/mol. The molecule has 3 aromatic rings. The molecule has 1 aromatic carbocycles. The van der Waals surface area contributed by atoms with Gasteiger partial charge in [-0.05, 0) is 25.5 Å². The van der Waals surface area contributed by atoms with Crippen molar-refractivity contribution < 1.29 is 9.90 Å². The monoisotopic (exact) mass is 326 g/mol. The second-order valence-corrected chi connectivity index (χ2v) is 6.18. The Morgan fingerprint density at radius 1 is 1.26 bits per heavy atom. The number of rotatable bonds is 3. The van der Waals surface area contributed by atoms with Gasteiger partial charge >= 0.3 is 5.97 Å². The maximum atomic E-state index is 12.2. The lowest BCUT2D eigenvalue weighted by Crippen LogP contribution is -2.14. The van der Waals surface area contributed by atoms with Crippen molar-refractivity contribution in [2.24, 2.45) is 0 Å². The number of hydrogen-bond acceptors (Lipinski definition) is 4. The Morgan fingerprint density at radius 2 is 2.04 bits per heavy atom. The van der Waals surface area contributed by atoms with E-state index in [-0.39, 0.29) is 10.4 Å². The summed E-state index contributed by atoms with van der Waals surface area (Å²) in [6, 6.07) is 9.37. The Kier molecular flexibility index (Phi) is 3.83. The molecule has 0 saturated carbocycles. The van der Waals surface area contributed by atoms with Crippen LogP contribution in [0.3, 0.4) is 0 Å². The van der Waals surface area contributed by atoms with Gasteiger partial charge in [-0.2, -0.15) is 0 Å². The van der Waals surface area contributed by atoms with E-state index >= 15 is 0 Å². The normalized spacial score (nSPS) is 11.4. The summed E-state index contributed by atoms with van der Waals surface area (Å²) in [6.07, 6.45) is 3.63. The van der Waals surface area contributed by atoms with Crippen molar-refractivity contribution in [1.29, 1.82) is 0 Å². The number of nitrogens with zero attached hydrogens (tertiary/aromatic N) is 2. The van der Waals surface area contributed by atoms with Crippen LogP contribution in [0.15, 0.2) is 35.1 Å². The largest absolute Gasteiger partial charge is 0.477 e. The predicted octanol–water partition coefficient (Wildman–Crippen LogP) is 3.24. The van der Waals surface area contributed by atoms with E-state index in [9.17, 15) is 9.59 Å². The van der Waals surface area contributed by atoms with Crippen LogP contribution in [-0.4, -0.2) is 20.5 Å². The molecule has 0 radical (unpaired) electrons. The number of benzene rings is 1. The summed E-state index contributed by atoms with van der Waals surface area (Å²) >= 11 is 1.00. The standard InChI is InChI=1S/C17H14N2O3S/c1-10-4-3-5-12(8-10)6-7-13-9-14(20)19-11(2)15(16(21)22)23-17(19)18-13/h3-9H,1-2H3,(H,21,22)/b7-6+. The number of carboxylic acid groups (broad SMARTS) is 1. The average Bonchev–Trinajstić information content (AvgIpc) is 2.83. The number of aromatic nitrogens is 2. The molecule has 116 valence electrons. The second kappa shape index (κ2) is 5.81. The Balaban J connectivity index is 2.06. The van der Waals surface area contributed by atoms with E-state index < -0.39 is 5.97 Å². The zero-order valence-corrected chi connectivity index (χ0v) is 13.4. The van der Waals surface area contributed by atoms with Gasteiger partial charge in [0.2, 0.25) is 0 Å². The molecule has 0 atom stereocenters. The molecule has 2 aromatic heterocycles. The fraction of sp³-hybridized carbons (Fsp3) is 0.118. The zero-order valence-electron chi connectivity index (χ0n) is 12.6. The highest BCUT2D eigenvalue weighted by molar-refractivity contribution is 7.18. The highest BCUT2D eigenvalue weighted by Crippen LogP contribution is 2.20. The number of fused-ring (bicyclic) bond motifs is 1. The summed E-state index contributed by atoms with van der Waals surface area (Å²) in [7, 11) is 0. The SMILES string of the molecule is Cc1cccc(/C=C/c2cc(=O)n3c(C)c(C(=O)O)sc3n2)c1. The van der Waals surface area contributed by atoms with Crippen LogP contribution in [-0.2, 0) is 0 Å². The summed E-state index contributed by atoms with van der Waals surface area (Å²) in [6.45, 7) is 3.62. The van der Waals surface area contributed by atoms with Crippen LogP contribution in [0.1, 0.15) is 32.2 Å². The van der Waals surface area contributed by atoms with Crippen molar-refractivity contribution in [3.05, 3.63) is 68.1 Å². The third-order valence-electron chi connectivity index (χ3n) is 3.45. The molecule has 2 heterocycles. The van der Waals surface area contributed by atoms with Crippen LogP contribution >= 0.6 is 11.3 Å². The molecular formula is C17H14N2O3S. The maximum Gasteiger partial charge on any atom is 0.347 e. The number of thiazole rings is 1. The lowest BCUT2D eigenvalue weighted by atomic mass is 10.1. The molecule has 6 heteroatoms. The third kappa shape index (κ3) is 2.93. The molecule has 0 bridgehead atoms. The summed E-state index contributed by atoms with van der Waals surface area (Å²) in [5.74, 6) is -1.05. The van der Waals surface area contributed by atoms with Crippen LogP contribution in [0.25, 0.3) is 17.1 Å². The van der Waals surface area contributed by atoms with Gasteiger partial charge in [0, 0.05) is 6.07 Å². The van der Waals surface area contributed by atoms with E-state index in [4.69, 9.17) is 5.11 Å². The van der Waals surface area contributed by atoms with Crippen LogP contribution in [0.5, 0.6) is 0 Å². The van der Waals surface area contributed by atoms with Gasteiger partial charge in [-0.25, -0.2) is 9.78 Å². The highest BCUT2D eigenvalue weighted by Gasteiger charge is 2.16. The number of aryl methyl sites for hydroxylation is 2. The highest BCUT2D eigenvalue weighted by atomic mass is 32.1. The fourth-order valence-electron chi connectivity index (χ4n) is 2.36. The smallest absolute Gasteiger partial charge is 0.347 e. The first kappa shape index (κ1) is 15.2. The van der Waals surface area contributed by atoms with Crippen LogP contribution in [0, 0.1) is 13.8 Å². The van der Waals surface area contributed by atoms with Gasteiger partial charge in [-0.1, -0.05) is 47.2 Å². The summed E-state index contributed by atoms with van der Waals surface area (Å²) in [5.41, 5.74) is 2.80. The van der Waals surface area contributed by atoms with E-state index in [2.05, 4.69) is 4.98 Å². The molecule has 0 aliphatic carbocycles. The van der Waals surface area contributed by atoms with Crippen LogP contribution in [0.2, 0.25) is 0 Å². The van der Waals surface area contributed by atoms with Gasteiger partial charge in [0.1, 0.15) is 4.88 Å². The minimum atomic E-state index is -1.05. The molecule has 0 fully saturated rings. The van der Waals surface area contributed by atoms with Gasteiger partial charge in [0.25, 0.3) is 5.56 Å². The van der Waals surface area contributed by atoms with E-state index in [1.54, 1.807) is 13.0 Å². The summed E-state index contributed by atoms with van der Waals surface area (Å²) in [5, 5.41) is 9.16. The lowest BCUT2D eigenvalue weighted by molar-refractivity contribution is 0.0701. The van der Waals surface area contributed by atoms with Crippen molar-refractivity contribution in [3.8, 4) is 0 Å². The summed E-state index contributed by atoms with van der Waals surface area (Å²) in [4.78, 5) is 28.3. The van der Waals surface area contributed by atoms with Gasteiger partial charge in [-0.15, -0.1) is 0 Å². The Bertz CT molecular complexity index is 999. The molecule has 3 rings (SSSR count). The van der Waals surface area contributed by atoms with E-state index in [0.29, 0.717) is 16.3 Å². The number of carbonyl (C=O) groups is 1. The zero-order chi connectivity index (χ0) is 16.6. The molecule has 1 N–H and O–H groups in total. The van der Waals surface area contributed by atoms with Crippen LogP contribution < -0.4 is 5.56 Å². The van der Waals surface area contributed by atoms with Crippen LogP contribution in [0.4, 0.5) is 0 Å². The van der Waals surface area contributed by atoms with E-state index in [0.717, 1.165) is 22.5 Å². The first-order valence-corrected chi connectivity index (χ1v) is 7.78. The number of carboxylic acids is 1. The Hall–Kier alpha value is -2.73. The number of hydrogen-bond donors (Lipinski definition) is 1. The molecular weight excluding hydrogens is 312 g/mol. The molecule has 0 aliphatic rings. The molecule has 23 heavy (non-hydrogen) atoms. The molecule has 5 nitrogen and oxygen atoms in total. The second-order valence-electron chi connectivity index (χ2n) is 5.21. The Morgan fingerprint density at radius 3 is 2.74 bits per heavy atom. The topological polar surface area (TPSA) is 71.7 Å². The minimum absolute atomic E-state index is 0.134. The first-order chi connectivity index (χ1) is 11.0. The molecule has 0 unspecified atom stereocenters. The van der Waals surface area contributed by atoms with Gasteiger partial charge in [0.05, 0.1) is 11.4 Å². The Labute approximate surface area is 136 Å². The minimum Gasteiger partial charge on any atom is -0.477 e. The fourth-order valence-corrected chi connectivity index (χ4v) is 3.34.